The highest BCUT2D eigenvalue weighted by molar-refractivity contribution is 6.23. The van der Waals surface area contributed by atoms with Gasteiger partial charge in [0.25, 0.3) is 5.91 Å². The molecule has 0 radical (unpaired) electrons. The molecule has 0 aromatic heterocycles. The van der Waals surface area contributed by atoms with Gasteiger partial charge in [-0.2, -0.15) is 0 Å². The summed E-state index contributed by atoms with van der Waals surface area (Å²) in [5.41, 5.74) is 1.56. The van der Waals surface area contributed by atoms with Crippen LogP contribution in [-0.2, 0) is 14.4 Å². The Bertz CT molecular complexity index is 926. The first-order valence-corrected chi connectivity index (χ1v) is 9.24. The van der Waals surface area contributed by atoms with Gasteiger partial charge >= 0.3 is 0 Å². The van der Waals surface area contributed by atoms with E-state index in [2.05, 4.69) is 10.6 Å². The maximum Gasteiger partial charge on any atom is 0.256 e. The van der Waals surface area contributed by atoms with Gasteiger partial charge in [-0.25, -0.2) is 4.90 Å². The minimum Gasteiger partial charge on any atom is -0.495 e. The van der Waals surface area contributed by atoms with Crippen molar-refractivity contribution in [2.75, 3.05) is 29.3 Å². The van der Waals surface area contributed by atoms with E-state index in [0.717, 1.165) is 4.90 Å². The number of carbonyl (C=O) groups excluding carboxylic acids is 3. The summed E-state index contributed by atoms with van der Waals surface area (Å²) in [5.74, 6) is 0.304. The van der Waals surface area contributed by atoms with Crippen LogP contribution in [0.3, 0.4) is 0 Å². The molecule has 0 bridgehead atoms. The molecular weight excluding hydrogens is 374 g/mol. The number of hydrogen-bond donors (Lipinski definition) is 2. The smallest absolute Gasteiger partial charge is 0.256 e. The molecule has 3 amide bonds. The molecule has 0 spiro atoms. The monoisotopic (exact) mass is 397 g/mol. The topological polar surface area (TPSA) is 97.0 Å². The molecule has 1 saturated heterocycles. The summed E-state index contributed by atoms with van der Waals surface area (Å²) < 4.78 is 10.7. The van der Waals surface area contributed by atoms with Gasteiger partial charge in [0.2, 0.25) is 11.8 Å². The van der Waals surface area contributed by atoms with Crippen LogP contribution >= 0.6 is 0 Å². The van der Waals surface area contributed by atoms with E-state index in [-0.39, 0.29) is 24.1 Å². The van der Waals surface area contributed by atoms with Gasteiger partial charge in [0.1, 0.15) is 17.5 Å². The number of amides is 3. The Morgan fingerprint density at radius 3 is 2.52 bits per heavy atom. The summed E-state index contributed by atoms with van der Waals surface area (Å²) in [6.07, 6.45) is 0.0135. The summed E-state index contributed by atoms with van der Waals surface area (Å²) in [6.45, 7) is 3.82. The lowest BCUT2D eigenvalue weighted by Crippen LogP contribution is -2.34. The van der Waals surface area contributed by atoms with Gasteiger partial charge in [0, 0.05) is 12.6 Å². The molecule has 3 rings (SSSR count). The zero-order valence-corrected chi connectivity index (χ0v) is 16.5. The normalized spacial score (nSPS) is 16.0. The minimum absolute atomic E-state index is 0.0135. The molecule has 0 unspecified atom stereocenters. The molecule has 0 saturated carbocycles. The van der Waals surface area contributed by atoms with Crippen LogP contribution in [0.15, 0.2) is 42.5 Å². The number of anilines is 3. The highest BCUT2D eigenvalue weighted by Gasteiger charge is 2.40. The lowest BCUT2D eigenvalue weighted by Gasteiger charge is -2.18. The van der Waals surface area contributed by atoms with E-state index in [4.69, 9.17) is 9.47 Å². The number of nitrogens with zero attached hydrogens (tertiary/aromatic N) is 1. The number of methoxy groups -OCH3 is 1. The molecule has 2 N–H and O–H groups in total. The van der Waals surface area contributed by atoms with Crippen molar-refractivity contribution < 1.29 is 23.9 Å². The summed E-state index contributed by atoms with van der Waals surface area (Å²) in [4.78, 5) is 37.9. The zero-order chi connectivity index (χ0) is 21.0. The van der Waals surface area contributed by atoms with Crippen LogP contribution in [0.5, 0.6) is 11.5 Å². The fourth-order valence-electron chi connectivity index (χ4n) is 3.16. The number of ether oxygens (including phenoxy) is 2. The summed E-state index contributed by atoms with van der Waals surface area (Å²) in [6, 6.07) is 11.1. The maximum atomic E-state index is 12.9. The third-order valence-corrected chi connectivity index (χ3v) is 4.40. The third kappa shape index (κ3) is 4.48. The van der Waals surface area contributed by atoms with Crippen molar-refractivity contribution in [3.63, 3.8) is 0 Å². The Balaban J connectivity index is 1.80. The van der Waals surface area contributed by atoms with E-state index >= 15 is 0 Å². The lowest BCUT2D eigenvalue weighted by atomic mass is 10.2. The summed E-state index contributed by atoms with van der Waals surface area (Å²) in [5, 5.41) is 5.76. The molecule has 152 valence electrons. The number of carbonyl (C=O) groups is 3. The molecule has 8 heteroatoms. The van der Waals surface area contributed by atoms with Crippen LogP contribution in [0.4, 0.5) is 17.1 Å². The van der Waals surface area contributed by atoms with E-state index in [0.29, 0.717) is 35.2 Å². The Morgan fingerprint density at radius 1 is 1.17 bits per heavy atom. The molecule has 29 heavy (non-hydrogen) atoms. The Labute approximate surface area is 168 Å². The van der Waals surface area contributed by atoms with Crippen LogP contribution in [-0.4, -0.2) is 37.5 Å². The summed E-state index contributed by atoms with van der Waals surface area (Å²) in [7, 11) is 1.51. The molecular formula is C21H23N3O5. The Kier molecular flexibility index (Phi) is 6.01. The van der Waals surface area contributed by atoms with Crippen molar-refractivity contribution in [3.05, 3.63) is 42.5 Å². The highest BCUT2D eigenvalue weighted by Crippen LogP contribution is 2.32. The molecule has 2 aromatic carbocycles. The van der Waals surface area contributed by atoms with Crippen LogP contribution in [0.25, 0.3) is 0 Å². The number of imide groups is 1. The summed E-state index contributed by atoms with van der Waals surface area (Å²) >= 11 is 0. The van der Waals surface area contributed by atoms with Gasteiger partial charge in [-0.3, -0.25) is 14.4 Å². The number of benzene rings is 2. The molecule has 1 aliphatic heterocycles. The van der Waals surface area contributed by atoms with Gasteiger partial charge in [0.15, 0.2) is 0 Å². The highest BCUT2D eigenvalue weighted by atomic mass is 16.5. The first-order valence-electron chi connectivity index (χ1n) is 9.24. The molecule has 1 fully saturated rings. The second-order valence-electron chi connectivity index (χ2n) is 6.49. The first kappa shape index (κ1) is 20.2. The number of hydrogen-bond acceptors (Lipinski definition) is 6. The van der Waals surface area contributed by atoms with Crippen LogP contribution in [0, 0.1) is 0 Å². The standard InChI is InChI=1S/C21H23N3O5/c1-4-29-16-8-6-15(7-9-16)24-20(26)12-18(21(24)27)23-17-11-14(22-13(2)25)5-10-19(17)28-3/h5-11,18,23H,4,12H2,1-3H3,(H,22,25)/t18-/m0/s1. The minimum atomic E-state index is -0.740. The van der Waals surface area contributed by atoms with Crippen molar-refractivity contribution in [2.45, 2.75) is 26.3 Å². The van der Waals surface area contributed by atoms with Gasteiger partial charge in [0.05, 0.1) is 31.5 Å². The first-order chi connectivity index (χ1) is 13.9. The average molecular weight is 397 g/mol. The van der Waals surface area contributed by atoms with E-state index < -0.39 is 6.04 Å². The Hall–Kier alpha value is -3.55. The van der Waals surface area contributed by atoms with Crippen molar-refractivity contribution >= 4 is 34.8 Å². The molecule has 0 aliphatic carbocycles. The maximum absolute atomic E-state index is 12.9. The molecule has 2 aromatic rings. The predicted octanol–water partition coefficient (Wildman–Crippen LogP) is 2.80. The van der Waals surface area contributed by atoms with Crippen LogP contribution in [0.1, 0.15) is 20.3 Å². The predicted molar refractivity (Wildman–Crippen MR) is 109 cm³/mol. The van der Waals surface area contributed by atoms with Gasteiger partial charge in [-0.15, -0.1) is 0 Å². The molecule has 1 heterocycles. The molecule has 1 atom stereocenters. The lowest BCUT2D eigenvalue weighted by molar-refractivity contribution is -0.121. The van der Waals surface area contributed by atoms with E-state index in [9.17, 15) is 14.4 Å². The van der Waals surface area contributed by atoms with Crippen LogP contribution < -0.4 is 25.0 Å². The van der Waals surface area contributed by atoms with Crippen molar-refractivity contribution in [2.24, 2.45) is 0 Å². The fraction of sp³-hybridized carbons (Fsp3) is 0.286. The second-order valence-corrected chi connectivity index (χ2v) is 6.49. The molecule has 1 aliphatic rings. The Morgan fingerprint density at radius 2 is 1.90 bits per heavy atom. The fourth-order valence-corrected chi connectivity index (χ4v) is 3.16. The quantitative estimate of drug-likeness (QED) is 0.698. The SMILES string of the molecule is CCOc1ccc(N2C(=O)C[C@H](Nc3cc(NC(C)=O)ccc3OC)C2=O)cc1. The van der Waals surface area contributed by atoms with E-state index in [1.807, 2.05) is 6.92 Å². The van der Waals surface area contributed by atoms with Crippen molar-refractivity contribution in [1.29, 1.82) is 0 Å². The van der Waals surface area contributed by atoms with Crippen LogP contribution in [0.2, 0.25) is 0 Å². The second kappa shape index (κ2) is 8.64. The zero-order valence-electron chi connectivity index (χ0n) is 16.5. The van der Waals surface area contributed by atoms with E-state index in [1.165, 1.54) is 14.0 Å². The third-order valence-electron chi connectivity index (χ3n) is 4.40. The number of nitrogens with one attached hydrogen (secondary N) is 2. The van der Waals surface area contributed by atoms with Gasteiger partial charge in [-0.05, 0) is 49.4 Å². The van der Waals surface area contributed by atoms with E-state index in [1.54, 1.807) is 42.5 Å². The number of rotatable bonds is 7. The average Bonchev–Trinajstić information content (AvgIpc) is 2.96. The van der Waals surface area contributed by atoms with Gasteiger partial charge in [-0.1, -0.05) is 0 Å². The van der Waals surface area contributed by atoms with Crippen molar-refractivity contribution in [3.8, 4) is 11.5 Å². The molecule has 8 nitrogen and oxygen atoms in total. The largest absolute Gasteiger partial charge is 0.495 e. The van der Waals surface area contributed by atoms with Crippen molar-refractivity contribution in [1.82, 2.24) is 0 Å². The van der Waals surface area contributed by atoms with Gasteiger partial charge < -0.3 is 20.1 Å².